The van der Waals surface area contributed by atoms with Gasteiger partial charge in [0.25, 0.3) is 0 Å². The molecule has 156 valence electrons. The lowest BCUT2D eigenvalue weighted by molar-refractivity contribution is -0.0500. The fourth-order valence-corrected chi connectivity index (χ4v) is 7.25. The van der Waals surface area contributed by atoms with Gasteiger partial charge in [0.15, 0.2) is 7.14 Å². The summed E-state index contributed by atoms with van der Waals surface area (Å²) in [4.78, 5) is 0. The minimum absolute atomic E-state index is 0.279. The second-order valence-corrected chi connectivity index (χ2v) is 11.3. The van der Waals surface area contributed by atoms with Crippen molar-refractivity contribution < 1.29 is 30.3 Å². The third kappa shape index (κ3) is 3.34. The van der Waals surface area contributed by atoms with E-state index in [1.807, 2.05) is 25.1 Å². The Hall–Kier alpha value is -2.57. The molecule has 4 rings (SSSR count). The van der Waals surface area contributed by atoms with E-state index in [9.17, 15) is 26.2 Å². The van der Waals surface area contributed by atoms with Crippen molar-refractivity contribution in [2.24, 2.45) is 0 Å². The van der Waals surface area contributed by atoms with Crippen LogP contribution in [0.1, 0.15) is 16.7 Å². The second-order valence-electron chi connectivity index (χ2n) is 7.03. The van der Waals surface area contributed by atoms with E-state index in [0.29, 0.717) is 22.6 Å². The molecule has 3 aromatic carbocycles. The predicted molar refractivity (Wildman–Crippen MR) is 109 cm³/mol. The molecule has 1 atom stereocenters. The number of rotatable bonds is 3. The van der Waals surface area contributed by atoms with Crippen LogP contribution in [-0.4, -0.2) is 13.9 Å². The van der Waals surface area contributed by atoms with Gasteiger partial charge in [0.05, 0.1) is 0 Å². The minimum atomic E-state index is -5.84. The number of fused-ring (bicyclic) bond motifs is 2. The van der Waals surface area contributed by atoms with Crippen molar-refractivity contribution in [2.75, 3.05) is 0 Å². The van der Waals surface area contributed by atoms with Gasteiger partial charge < -0.3 is 8.75 Å². The molecule has 0 saturated heterocycles. The van der Waals surface area contributed by atoms with Crippen LogP contribution in [0.15, 0.2) is 66.7 Å². The smallest absolute Gasteiger partial charge is 0.376 e. The Balaban J connectivity index is 1.94. The summed E-state index contributed by atoms with van der Waals surface area (Å²) < 4.78 is 80.0. The van der Waals surface area contributed by atoms with E-state index >= 15 is 0 Å². The Bertz CT molecular complexity index is 1290. The third-order valence-electron chi connectivity index (χ3n) is 4.97. The van der Waals surface area contributed by atoms with E-state index in [2.05, 4.69) is 4.18 Å². The van der Waals surface area contributed by atoms with Crippen molar-refractivity contribution in [2.45, 2.75) is 18.9 Å². The highest BCUT2D eigenvalue weighted by atomic mass is 32.2. The van der Waals surface area contributed by atoms with Crippen LogP contribution in [0.3, 0.4) is 0 Å². The van der Waals surface area contributed by atoms with E-state index in [0.717, 1.165) is 23.3 Å². The first kappa shape index (κ1) is 20.7. The zero-order chi connectivity index (χ0) is 21.7. The maximum Gasteiger partial charge on any atom is 0.534 e. The Labute approximate surface area is 171 Å². The van der Waals surface area contributed by atoms with E-state index in [1.165, 1.54) is 6.07 Å². The maximum absolute atomic E-state index is 14.5. The quantitative estimate of drug-likeness (QED) is 0.270. The Morgan fingerprint density at radius 1 is 0.900 bits per heavy atom. The lowest BCUT2D eigenvalue weighted by Gasteiger charge is -2.30. The molecule has 0 saturated carbocycles. The molecule has 0 fully saturated rings. The Morgan fingerprint density at radius 3 is 2.13 bits per heavy atom. The lowest BCUT2D eigenvalue weighted by Crippen LogP contribution is -2.34. The van der Waals surface area contributed by atoms with Gasteiger partial charge in [-0.1, -0.05) is 54.1 Å². The SMILES string of the molecule is Cc1ccc2c(c1)P(=O)(c1ccccc1)c1cc(OS(=O)(=O)C(F)(F)F)ccc1C2. The number of alkyl halides is 3. The minimum Gasteiger partial charge on any atom is -0.376 e. The van der Waals surface area contributed by atoms with Crippen LogP contribution in [0.5, 0.6) is 5.75 Å². The largest absolute Gasteiger partial charge is 0.534 e. The van der Waals surface area contributed by atoms with Crippen molar-refractivity contribution in [3.63, 3.8) is 0 Å². The Kier molecular flexibility index (Phi) is 4.83. The van der Waals surface area contributed by atoms with E-state index in [-0.39, 0.29) is 5.30 Å². The van der Waals surface area contributed by atoms with Gasteiger partial charge in [-0.25, -0.2) is 0 Å². The summed E-state index contributed by atoms with van der Waals surface area (Å²) in [5.41, 5.74) is -3.16. The topological polar surface area (TPSA) is 60.4 Å². The van der Waals surface area contributed by atoms with Gasteiger partial charge in [-0.15, -0.1) is 0 Å². The Morgan fingerprint density at radius 2 is 1.50 bits per heavy atom. The van der Waals surface area contributed by atoms with Gasteiger partial charge in [-0.3, -0.25) is 0 Å². The summed E-state index contributed by atoms with van der Waals surface area (Å²) in [6, 6.07) is 18.0. The van der Waals surface area contributed by atoms with Crippen LogP contribution in [0.4, 0.5) is 13.2 Å². The molecule has 3 aromatic rings. The molecular formula is C21H16F3O4PS. The van der Waals surface area contributed by atoms with E-state index < -0.39 is 28.5 Å². The van der Waals surface area contributed by atoms with Gasteiger partial charge in [0, 0.05) is 15.9 Å². The molecule has 1 unspecified atom stereocenters. The van der Waals surface area contributed by atoms with Gasteiger partial charge in [0.2, 0.25) is 0 Å². The molecule has 1 aliphatic heterocycles. The number of hydrogen-bond donors (Lipinski definition) is 0. The molecule has 0 N–H and O–H groups in total. The molecule has 0 aromatic heterocycles. The van der Waals surface area contributed by atoms with Crippen molar-refractivity contribution in [1.29, 1.82) is 0 Å². The second kappa shape index (κ2) is 7.00. The number of benzene rings is 3. The normalized spacial score (nSPS) is 18.4. The summed E-state index contributed by atoms with van der Waals surface area (Å²) in [5.74, 6) is -0.529. The fourth-order valence-electron chi connectivity index (χ4n) is 3.58. The first-order valence-corrected chi connectivity index (χ1v) is 12.0. The average molecular weight is 452 g/mol. The van der Waals surface area contributed by atoms with Crippen LogP contribution in [0.2, 0.25) is 0 Å². The zero-order valence-electron chi connectivity index (χ0n) is 15.7. The molecule has 0 radical (unpaired) electrons. The summed E-state index contributed by atoms with van der Waals surface area (Å²) >= 11 is 0. The van der Waals surface area contributed by atoms with Gasteiger partial charge in [-0.05, 0) is 42.7 Å². The van der Waals surface area contributed by atoms with Crippen molar-refractivity contribution in [3.05, 3.63) is 83.4 Å². The van der Waals surface area contributed by atoms with E-state index in [4.69, 9.17) is 0 Å². The summed E-state index contributed by atoms with van der Waals surface area (Å²) in [5, 5.41) is 1.38. The molecule has 1 aliphatic rings. The molecule has 30 heavy (non-hydrogen) atoms. The highest BCUT2D eigenvalue weighted by molar-refractivity contribution is 7.88. The monoisotopic (exact) mass is 452 g/mol. The molecule has 0 aliphatic carbocycles. The molecule has 9 heteroatoms. The molecule has 0 amide bonds. The third-order valence-corrected chi connectivity index (χ3v) is 9.16. The molecule has 1 heterocycles. The van der Waals surface area contributed by atoms with Crippen LogP contribution in [0.25, 0.3) is 0 Å². The summed E-state index contributed by atoms with van der Waals surface area (Å²) in [6.07, 6.45) is 0.425. The maximum atomic E-state index is 14.5. The fraction of sp³-hybridized carbons (Fsp3) is 0.143. The summed E-state index contributed by atoms with van der Waals surface area (Å²) in [7, 11) is -9.30. The van der Waals surface area contributed by atoms with Gasteiger partial charge in [-0.2, -0.15) is 21.6 Å². The van der Waals surface area contributed by atoms with E-state index in [1.54, 1.807) is 30.3 Å². The highest BCUT2D eigenvalue weighted by Crippen LogP contribution is 2.48. The van der Waals surface area contributed by atoms with Crippen molar-refractivity contribution in [1.82, 2.24) is 0 Å². The van der Waals surface area contributed by atoms with Crippen molar-refractivity contribution >= 4 is 33.2 Å². The van der Waals surface area contributed by atoms with Crippen LogP contribution < -0.4 is 20.1 Å². The molecule has 0 bridgehead atoms. The van der Waals surface area contributed by atoms with Gasteiger partial charge >= 0.3 is 15.6 Å². The summed E-state index contributed by atoms with van der Waals surface area (Å²) in [6.45, 7) is 1.86. The molecule has 0 spiro atoms. The molecular weight excluding hydrogens is 436 g/mol. The van der Waals surface area contributed by atoms with Crippen molar-refractivity contribution in [3.8, 4) is 5.75 Å². The number of halogens is 3. The van der Waals surface area contributed by atoms with Crippen LogP contribution in [0, 0.1) is 6.92 Å². The zero-order valence-corrected chi connectivity index (χ0v) is 17.4. The standard InChI is InChI=1S/C21H16F3O4PS/c1-14-7-8-15-12-16-9-10-17(28-30(26,27)21(22,23)24)13-20(16)29(25,19(15)11-14)18-5-3-2-4-6-18/h2-11,13H,12H2,1H3. The van der Waals surface area contributed by atoms with Crippen LogP contribution in [-0.2, 0) is 21.1 Å². The number of hydrogen-bond acceptors (Lipinski definition) is 4. The predicted octanol–water partition coefficient (Wildman–Crippen LogP) is 3.77. The first-order chi connectivity index (χ1) is 14.0. The average Bonchev–Trinajstić information content (AvgIpc) is 2.69. The lowest BCUT2D eigenvalue weighted by atomic mass is 10.0. The number of aryl methyl sites for hydroxylation is 1. The highest BCUT2D eigenvalue weighted by Gasteiger charge is 2.49. The molecule has 4 nitrogen and oxygen atoms in total. The van der Waals surface area contributed by atoms with Gasteiger partial charge in [0.1, 0.15) is 5.75 Å². The van der Waals surface area contributed by atoms with Crippen LogP contribution >= 0.6 is 7.14 Å². The first-order valence-electron chi connectivity index (χ1n) is 8.92.